The van der Waals surface area contributed by atoms with Gasteiger partial charge in [-0.25, -0.2) is 17.9 Å². The van der Waals surface area contributed by atoms with Gasteiger partial charge in [0.15, 0.2) is 0 Å². The Hall–Kier alpha value is -2.22. The molecule has 0 bridgehead atoms. The fourth-order valence-corrected chi connectivity index (χ4v) is 2.62. The molecule has 0 spiro atoms. The summed E-state index contributed by atoms with van der Waals surface area (Å²) in [5.74, 6) is -0.963. The lowest BCUT2D eigenvalue weighted by molar-refractivity contribution is -0.116. The Labute approximate surface area is 144 Å². The van der Waals surface area contributed by atoms with Crippen LogP contribution in [0.2, 0.25) is 5.02 Å². The molecular weight excluding hydrogens is 355 g/mol. The van der Waals surface area contributed by atoms with Crippen molar-refractivity contribution in [3.63, 3.8) is 0 Å². The van der Waals surface area contributed by atoms with Gasteiger partial charge in [-0.05, 0) is 35.9 Å². The Balaban J connectivity index is 1.97. The van der Waals surface area contributed by atoms with E-state index in [1.165, 1.54) is 54.6 Å². The second-order valence-electron chi connectivity index (χ2n) is 4.88. The molecule has 2 rings (SSSR count). The van der Waals surface area contributed by atoms with Crippen LogP contribution in [0.1, 0.15) is 11.1 Å². The van der Waals surface area contributed by atoms with Gasteiger partial charge in [0.1, 0.15) is 5.82 Å². The maximum atomic E-state index is 13.6. The summed E-state index contributed by atoms with van der Waals surface area (Å²) in [6.07, 6.45) is 2.46. The summed E-state index contributed by atoms with van der Waals surface area (Å²) in [4.78, 5) is 11.8. The molecule has 24 heavy (non-hydrogen) atoms. The van der Waals surface area contributed by atoms with Crippen LogP contribution in [0.5, 0.6) is 0 Å². The van der Waals surface area contributed by atoms with Crippen LogP contribution in [0, 0.1) is 5.82 Å². The van der Waals surface area contributed by atoms with Gasteiger partial charge in [-0.1, -0.05) is 29.8 Å². The Morgan fingerprint density at radius 3 is 2.46 bits per heavy atom. The van der Waals surface area contributed by atoms with E-state index in [9.17, 15) is 17.6 Å². The van der Waals surface area contributed by atoms with Gasteiger partial charge in [0.05, 0.1) is 9.92 Å². The zero-order valence-corrected chi connectivity index (χ0v) is 13.9. The van der Waals surface area contributed by atoms with Crippen LogP contribution in [0.4, 0.5) is 4.39 Å². The second kappa shape index (κ2) is 7.57. The zero-order valence-electron chi connectivity index (χ0n) is 12.4. The molecule has 3 N–H and O–H groups in total. The number of nitrogens with two attached hydrogens (primary N) is 1. The summed E-state index contributed by atoms with van der Waals surface area (Å²) in [6, 6.07) is 10.0. The highest BCUT2D eigenvalue weighted by Gasteiger charge is 2.07. The van der Waals surface area contributed by atoms with Gasteiger partial charge >= 0.3 is 0 Å². The van der Waals surface area contributed by atoms with E-state index in [4.69, 9.17) is 16.7 Å². The van der Waals surface area contributed by atoms with Crippen molar-refractivity contribution in [2.45, 2.75) is 11.4 Å². The first-order valence-corrected chi connectivity index (χ1v) is 8.71. The van der Waals surface area contributed by atoms with E-state index in [2.05, 4.69) is 5.32 Å². The predicted octanol–water partition coefficient (Wildman–Crippen LogP) is 2.46. The lowest BCUT2D eigenvalue weighted by atomic mass is 10.2. The number of carbonyl (C=O) groups is 1. The zero-order chi connectivity index (χ0) is 17.7. The van der Waals surface area contributed by atoms with Gasteiger partial charge < -0.3 is 5.32 Å². The summed E-state index contributed by atoms with van der Waals surface area (Å²) < 4.78 is 35.8. The minimum absolute atomic E-state index is 0.00772. The number of benzene rings is 2. The van der Waals surface area contributed by atoms with Crippen LogP contribution in [0.3, 0.4) is 0 Å². The molecule has 1 amide bonds. The van der Waals surface area contributed by atoms with E-state index in [0.717, 1.165) is 0 Å². The molecule has 0 atom stereocenters. The normalized spacial score (nSPS) is 11.6. The minimum atomic E-state index is -3.74. The third kappa shape index (κ3) is 4.89. The SMILES string of the molecule is NS(=O)(=O)c1ccc(CNC(=O)C=Cc2c(F)cccc2Cl)cc1. The standard InChI is InChI=1S/C16H14ClFN2O3S/c17-14-2-1-3-15(18)13(14)8-9-16(21)20-10-11-4-6-12(7-5-11)24(19,22)23/h1-9H,10H2,(H,20,21)(H2,19,22,23). The molecule has 5 nitrogen and oxygen atoms in total. The molecule has 0 fully saturated rings. The minimum Gasteiger partial charge on any atom is -0.348 e. The van der Waals surface area contributed by atoms with Crippen LogP contribution < -0.4 is 10.5 Å². The summed E-state index contributed by atoms with van der Waals surface area (Å²) in [5, 5.41) is 7.80. The number of hydrogen-bond donors (Lipinski definition) is 2. The number of carbonyl (C=O) groups excluding carboxylic acids is 1. The van der Waals surface area contributed by atoms with Crippen molar-refractivity contribution in [3.05, 3.63) is 70.5 Å². The van der Waals surface area contributed by atoms with E-state index in [1.807, 2.05) is 0 Å². The topological polar surface area (TPSA) is 89.3 Å². The molecule has 0 unspecified atom stereocenters. The summed E-state index contributed by atoms with van der Waals surface area (Å²) in [6.45, 7) is 0.180. The molecule has 0 aromatic heterocycles. The van der Waals surface area contributed by atoms with Crippen LogP contribution >= 0.6 is 11.6 Å². The van der Waals surface area contributed by atoms with Gasteiger partial charge in [0.25, 0.3) is 0 Å². The number of nitrogens with one attached hydrogen (secondary N) is 1. The maximum Gasteiger partial charge on any atom is 0.244 e. The van der Waals surface area contributed by atoms with E-state index >= 15 is 0 Å². The van der Waals surface area contributed by atoms with Gasteiger partial charge in [0.2, 0.25) is 15.9 Å². The second-order valence-corrected chi connectivity index (χ2v) is 6.84. The Bertz CT molecular complexity index is 860. The third-order valence-corrected chi connectivity index (χ3v) is 4.38. The lowest BCUT2D eigenvalue weighted by Crippen LogP contribution is -2.20. The predicted molar refractivity (Wildman–Crippen MR) is 90.1 cm³/mol. The Kier molecular flexibility index (Phi) is 5.71. The van der Waals surface area contributed by atoms with Crippen LogP contribution in [0.15, 0.2) is 53.4 Å². The summed E-state index contributed by atoms with van der Waals surface area (Å²) in [5.41, 5.74) is 0.819. The number of hydrogen-bond acceptors (Lipinski definition) is 3. The number of primary sulfonamides is 1. The summed E-state index contributed by atoms with van der Waals surface area (Å²) in [7, 11) is -3.74. The summed E-state index contributed by atoms with van der Waals surface area (Å²) >= 11 is 5.86. The molecule has 126 valence electrons. The molecule has 0 aliphatic heterocycles. The first-order valence-electron chi connectivity index (χ1n) is 6.79. The van der Waals surface area contributed by atoms with E-state index in [-0.39, 0.29) is 22.0 Å². The first kappa shape index (κ1) is 18.1. The molecule has 0 saturated heterocycles. The fourth-order valence-electron chi connectivity index (χ4n) is 1.87. The van der Waals surface area contributed by atoms with E-state index in [0.29, 0.717) is 5.56 Å². The number of halogens is 2. The highest BCUT2D eigenvalue weighted by molar-refractivity contribution is 7.89. The molecule has 2 aromatic rings. The number of sulfonamides is 1. The molecule has 8 heteroatoms. The van der Waals surface area contributed by atoms with Gasteiger partial charge in [-0.2, -0.15) is 0 Å². The van der Waals surface area contributed by atoms with Gasteiger partial charge in [-0.15, -0.1) is 0 Å². The highest BCUT2D eigenvalue weighted by atomic mass is 35.5. The lowest BCUT2D eigenvalue weighted by Gasteiger charge is -2.04. The monoisotopic (exact) mass is 368 g/mol. The smallest absolute Gasteiger partial charge is 0.244 e. The highest BCUT2D eigenvalue weighted by Crippen LogP contribution is 2.20. The van der Waals surface area contributed by atoms with Crippen LogP contribution in [-0.2, 0) is 21.4 Å². The van der Waals surface area contributed by atoms with Crippen molar-refractivity contribution >= 4 is 33.6 Å². The van der Waals surface area contributed by atoms with Crippen molar-refractivity contribution < 1.29 is 17.6 Å². The molecule has 0 radical (unpaired) electrons. The fraction of sp³-hybridized carbons (Fsp3) is 0.0625. The van der Waals surface area contributed by atoms with Crippen LogP contribution in [-0.4, -0.2) is 14.3 Å². The van der Waals surface area contributed by atoms with E-state index < -0.39 is 21.7 Å². The quantitative estimate of drug-likeness (QED) is 0.794. The molecule has 2 aromatic carbocycles. The maximum absolute atomic E-state index is 13.6. The van der Waals surface area contributed by atoms with Gasteiger partial charge in [-0.3, -0.25) is 4.79 Å². The van der Waals surface area contributed by atoms with Crippen molar-refractivity contribution in [2.24, 2.45) is 5.14 Å². The molecule has 0 aliphatic carbocycles. The number of amides is 1. The average Bonchev–Trinajstić information content (AvgIpc) is 2.52. The number of rotatable bonds is 5. The van der Waals surface area contributed by atoms with Crippen molar-refractivity contribution in [3.8, 4) is 0 Å². The molecule has 0 saturated carbocycles. The van der Waals surface area contributed by atoms with E-state index in [1.54, 1.807) is 0 Å². The van der Waals surface area contributed by atoms with Crippen molar-refractivity contribution in [1.82, 2.24) is 5.32 Å². The molecule has 0 heterocycles. The van der Waals surface area contributed by atoms with Crippen molar-refractivity contribution in [2.75, 3.05) is 0 Å². The molecule has 0 aliphatic rings. The van der Waals surface area contributed by atoms with Crippen molar-refractivity contribution in [1.29, 1.82) is 0 Å². The Morgan fingerprint density at radius 1 is 1.21 bits per heavy atom. The third-order valence-electron chi connectivity index (χ3n) is 3.12. The van der Waals surface area contributed by atoms with Gasteiger partial charge in [0, 0.05) is 18.2 Å². The first-order chi connectivity index (χ1) is 11.3. The largest absolute Gasteiger partial charge is 0.348 e. The van der Waals surface area contributed by atoms with Crippen LogP contribution in [0.25, 0.3) is 6.08 Å². The molecular formula is C16H14ClFN2O3S. The average molecular weight is 369 g/mol. The Morgan fingerprint density at radius 2 is 1.88 bits per heavy atom.